The van der Waals surface area contributed by atoms with Gasteiger partial charge in [0.15, 0.2) is 0 Å². The summed E-state index contributed by atoms with van der Waals surface area (Å²) >= 11 is 0. The van der Waals surface area contributed by atoms with Crippen LogP contribution in [0.4, 0.5) is 0 Å². The topological polar surface area (TPSA) is 38.3 Å². The smallest absolute Gasteiger partial charge is 0.322 e. The Labute approximate surface area is 62.8 Å². The zero-order valence-corrected chi connectivity index (χ0v) is 6.10. The number of hydrogen-bond acceptors (Lipinski definition) is 3. The van der Waals surface area contributed by atoms with Crippen molar-refractivity contribution in [1.29, 1.82) is 0 Å². The lowest BCUT2D eigenvalue weighted by atomic mass is 10.3. The van der Waals surface area contributed by atoms with Crippen LogP contribution in [0.3, 0.4) is 0 Å². The van der Waals surface area contributed by atoms with E-state index in [0.29, 0.717) is 6.61 Å². The van der Waals surface area contributed by atoms with E-state index >= 15 is 0 Å². The molecule has 0 aliphatic heterocycles. The lowest BCUT2D eigenvalue weighted by Gasteiger charge is -2.07. The fourth-order valence-corrected chi connectivity index (χ4v) is 0.385. The van der Waals surface area contributed by atoms with Crippen molar-refractivity contribution in [1.82, 2.24) is 5.32 Å². The summed E-state index contributed by atoms with van der Waals surface area (Å²) < 4.78 is 4.69. The molecule has 0 amide bonds. The van der Waals surface area contributed by atoms with Crippen LogP contribution in [-0.4, -0.2) is 25.7 Å². The molecule has 0 aromatic heterocycles. The number of carbonyl (C=O) groups excluding carboxylic acids is 1. The second-order valence-electron chi connectivity index (χ2n) is 1.76. The summed E-state index contributed by atoms with van der Waals surface area (Å²) in [5.74, 6) is -0.194. The molecule has 1 N–H and O–H groups in total. The van der Waals surface area contributed by atoms with Crippen LogP contribution in [0.15, 0.2) is 0 Å². The zero-order chi connectivity index (χ0) is 7.28. The molecule has 0 aromatic carbocycles. The minimum absolute atomic E-state index is 0. The van der Waals surface area contributed by atoms with Crippen LogP contribution in [0, 0.1) is 0 Å². The standard InChI is InChI=1S/C6H13NO2.CH4/c1-4-9-6(8)5(2)7-3;/h5,7H,4H2,1-3H3;1H4. The van der Waals surface area contributed by atoms with Crippen molar-refractivity contribution in [3.8, 4) is 0 Å². The van der Waals surface area contributed by atoms with E-state index in [1.54, 1.807) is 20.9 Å². The Hall–Kier alpha value is -0.570. The molecular weight excluding hydrogens is 130 g/mol. The molecule has 0 bridgehead atoms. The van der Waals surface area contributed by atoms with Crippen molar-refractivity contribution in [2.24, 2.45) is 0 Å². The van der Waals surface area contributed by atoms with Crippen LogP contribution in [0.2, 0.25) is 0 Å². The molecule has 0 radical (unpaired) electrons. The van der Waals surface area contributed by atoms with Crippen molar-refractivity contribution < 1.29 is 9.53 Å². The molecule has 0 heterocycles. The quantitative estimate of drug-likeness (QED) is 0.600. The lowest BCUT2D eigenvalue weighted by molar-refractivity contribution is -0.144. The summed E-state index contributed by atoms with van der Waals surface area (Å²) in [5, 5.41) is 2.77. The van der Waals surface area contributed by atoms with Gasteiger partial charge in [-0.05, 0) is 20.9 Å². The second-order valence-corrected chi connectivity index (χ2v) is 1.76. The normalized spacial score (nSPS) is 11.5. The van der Waals surface area contributed by atoms with Gasteiger partial charge in [0.25, 0.3) is 0 Å². The molecule has 0 rings (SSSR count). The van der Waals surface area contributed by atoms with Gasteiger partial charge in [-0.3, -0.25) is 4.79 Å². The second kappa shape index (κ2) is 6.55. The van der Waals surface area contributed by atoms with Crippen molar-refractivity contribution in [3.05, 3.63) is 0 Å². The first-order valence-electron chi connectivity index (χ1n) is 3.06. The summed E-state index contributed by atoms with van der Waals surface area (Å²) in [6, 6.07) is -0.190. The van der Waals surface area contributed by atoms with Crippen LogP contribution in [0.5, 0.6) is 0 Å². The molecule has 0 fully saturated rings. The summed E-state index contributed by atoms with van der Waals surface area (Å²) in [6.45, 7) is 4.00. The third-order valence-electron chi connectivity index (χ3n) is 1.07. The molecule has 0 aliphatic rings. The average Bonchev–Trinajstić information content (AvgIpc) is 1.87. The van der Waals surface area contributed by atoms with Crippen molar-refractivity contribution >= 4 is 5.97 Å². The highest BCUT2D eigenvalue weighted by Gasteiger charge is 2.09. The molecule has 0 aromatic rings. The third-order valence-corrected chi connectivity index (χ3v) is 1.07. The Bertz CT molecular complexity index is 93.6. The largest absolute Gasteiger partial charge is 0.465 e. The van der Waals surface area contributed by atoms with Crippen molar-refractivity contribution in [3.63, 3.8) is 0 Å². The minimum Gasteiger partial charge on any atom is -0.465 e. The van der Waals surface area contributed by atoms with E-state index < -0.39 is 0 Å². The summed E-state index contributed by atoms with van der Waals surface area (Å²) in [7, 11) is 1.72. The van der Waals surface area contributed by atoms with Gasteiger partial charge < -0.3 is 10.1 Å². The molecule has 0 aliphatic carbocycles. The molecule has 3 heteroatoms. The monoisotopic (exact) mass is 147 g/mol. The SMILES string of the molecule is C.CCOC(=O)C(C)NC. The molecule has 0 saturated carbocycles. The molecule has 1 unspecified atom stereocenters. The predicted molar refractivity (Wildman–Crippen MR) is 41.9 cm³/mol. The van der Waals surface area contributed by atoms with E-state index in [-0.39, 0.29) is 19.4 Å². The molecule has 0 spiro atoms. The van der Waals surface area contributed by atoms with Gasteiger partial charge in [-0.2, -0.15) is 0 Å². The Morgan fingerprint density at radius 1 is 1.70 bits per heavy atom. The van der Waals surface area contributed by atoms with Crippen molar-refractivity contribution in [2.45, 2.75) is 27.3 Å². The number of carbonyl (C=O) groups is 1. The van der Waals surface area contributed by atoms with Crippen LogP contribution in [-0.2, 0) is 9.53 Å². The van der Waals surface area contributed by atoms with Crippen molar-refractivity contribution in [2.75, 3.05) is 13.7 Å². The highest BCUT2D eigenvalue weighted by Crippen LogP contribution is 1.84. The van der Waals surface area contributed by atoms with Gasteiger partial charge in [-0.25, -0.2) is 0 Å². The van der Waals surface area contributed by atoms with Crippen LogP contribution in [0.1, 0.15) is 21.3 Å². The summed E-state index contributed by atoms with van der Waals surface area (Å²) in [6.07, 6.45) is 0. The Kier molecular flexibility index (Phi) is 7.95. The maximum atomic E-state index is 10.7. The Balaban J connectivity index is 0. The van der Waals surface area contributed by atoms with Gasteiger partial charge >= 0.3 is 5.97 Å². The summed E-state index contributed by atoms with van der Waals surface area (Å²) in [4.78, 5) is 10.7. The van der Waals surface area contributed by atoms with E-state index in [4.69, 9.17) is 4.74 Å². The number of nitrogens with one attached hydrogen (secondary N) is 1. The summed E-state index contributed by atoms with van der Waals surface area (Å²) in [5.41, 5.74) is 0. The van der Waals surface area contributed by atoms with Gasteiger partial charge in [0.2, 0.25) is 0 Å². The number of likely N-dealkylation sites (N-methyl/N-ethyl adjacent to an activating group) is 1. The predicted octanol–water partition coefficient (Wildman–Crippen LogP) is 0.793. The minimum atomic E-state index is -0.194. The maximum absolute atomic E-state index is 10.7. The highest BCUT2D eigenvalue weighted by molar-refractivity contribution is 5.75. The van der Waals surface area contributed by atoms with E-state index in [1.807, 2.05) is 0 Å². The van der Waals surface area contributed by atoms with Gasteiger partial charge in [0, 0.05) is 0 Å². The number of hydrogen-bond donors (Lipinski definition) is 1. The zero-order valence-electron chi connectivity index (χ0n) is 6.10. The average molecular weight is 147 g/mol. The number of rotatable bonds is 3. The molecule has 1 atom stereocenters. The van der Waals surface area contributed by atoms with Gasteiger partial charge in [-0.1, -0.05) is 7.43 Å². The molecular formula is C7H17NO2. The number of esters is 1. The molecule has 3 nitrogen and oxygen atoms in total. The van der Waals surface area contributed by atoms with E-state index in [1.165, 1.54) is 0 Å². The van der Waals surface area contributed by atoms with E-state index in [0.717, 1.165) is 0 Å². The Morgan fingerprint density at radius 3 is 2.50 bits per heavy atom. The maximum Gasteiger partial charge on any atom is 0.322 e. The third kappa shape index (κ3) is 4.32. The van der Waals surface area contributed by atoms with Gasteiger partial charge in [-0.15, -0.1) is 0 Å². The van der Waals surface area contributed by atoms with E-state index in [2.05, 4.69) is 5.32 Å². The first-order chi connectivity index (χ1) is 4.22. The first kappa shape index (κ1) is 12.1. The first-order valence-corrected chi connectivity index (χ1v) is 3.06. The highest BCUT2D eigenvalue weighted by atomic mass is 16.5. The lowest BCUT2D eigenvalue weighted by Crippen LogP contribution is -2.32. The fraction of sp³-hybridized carbons (Fsp3) is 0.857. The Morgan fingerprint density at radius 2 is 2.20 bits per heavy atom. The molecule has 10 heavy (non-hydrogen) atoms. The van der Waals surface area contributed by atoms with Crippen LogP contribution < -0.4 is 5.32 Å². The van der Waals surface area contributed by atoms with Gasteiger partial charge in [0.1, 0.15) is 6.04 Å². The van der Waals surface area contributed by atoms with E-state index in [9.17, 15) is 4.79 Å². The molecule has 0 saturated heterocycles. The van der Waals surface area contributed by atoms with Crippen LogP contribution >= 0.6 is 0 Å². The number of ether oxygens (including phenoxy) is 1. The van der Waals surface area contributed by atoms with Gasteiger partial charge in [0.05, 0.1) is 6.61 Å². The fourth-order valence-electron chi connectivity index (χ4n) is 0.385. The molecule has 62 valence electrons. The van der Waals surface area contributed by atoms with Crippen LogP contribution in [0.25, 0.3) is 0 Å².